The predicted octanol–water partition coefficient (Wildman–Crippen LogP) is 3.12. The number of para-hydroxylation sites is 1. The van der Waals surface area contributed by atoms with Crippen LogP contribution in [0, 0.1) is 0 Å². The van der Waals surface area contributed by atoms with Gasteiger partial charge in [-0.3, -0.25) is 9.59 Å². The Hall–Kier alpha value is -2.54. The summed E-state index contributed by atoms with van der Waals surface area (Å²) in [6, 6.07) is 8.97. The van der Waals surface area contributed by atoms with Crippen LogP contribution < -0.4 is 14.8 Å². The third-order valence-corrected chi connectivity index (χ3v) is 4.91. The molecule has 0 saturated heterocycles. The van der Waals surface area contributed by atoms with Gasteiger partial charge in [-0.2, -0.15) is 0 Å². The standard InChI is InChI=1S/C19H23NO5S/c1-23-15-7-4-6-13(19(15)25-3)9-10-17(21)20-14(12-18(22)24-2)16-8-5-11-26-16/h4-8,11,14H,9-10,12H2,1-3H3,(H,20,21). The number of methoxy groups -OCH3 is 3. The molecule has 0 aliphatic rings. The molecule has 0 bridgehead atoms. The number of amides is 1. The Balaban J connectivity index is 2.01. The molecule has 1 aromatic carbocycles. The number of hydrogen-bond donors (Lipinski definition) is 1. The number of nitrogens with one attached hydrogen (secondary N) is 1. The van der Waals surface area contributed by atoms with Crippen molar-refractivity contribution >= 4 is 23.2 Å². The first-order valence-corrected chi connectivity index (χ1v) is 9.06. The van der Waals surface area contributed by atoms with Gasteiger partial charge in [-0.15, -0.1) is 11.3 Å². The number of hydrogen-bond acceptors (Lipinski definition) is 6. The van der Waals surface area contributed by atoms with Crippen molar-refractivity contribution in [3.05, 3.63) is 46.2 Å². The first kappa shape index (κ1) is 19.8. The number of esters is 1. The quantitative estimate of drug-likeness (QED) is 0.680. The van der Waals surface area contributed by atoms with Crippen LogP contribution in [0.4, 0.5) is 0 Å². The smallest absolute Gasteiger partial charge is 0.307 e. The number of ether oxygens (including phenoxy) is 3. The van der Waals surface area contributed by atoms with Crippen molar-refractivity contribution in [3.63, 3.8) is 0 Å². The van der Waals surface area contributed by atoms with Crippen LogP contribution in [-0.4, -0.2) is 33.2 Å². The number of carbonyl (C=O) groups is 2. The van der Waals surface area contributed by atoms with E-state index in [2.05, 4.69) is 5.32 Å². The van der Waals surface area contributed by atoms with Crippen molar-refractivity contribution < 1.29 is 23.8 Å². The van der Waals surface area contributed by atoms with Crippen LogP contribution in [0.15, 0.2) is 35.7 Å². The molecule has 1 N–H and O–H groups in total. The van der Waals surface area contributed by atoms with Crippen molar-refractivity contribution in [2.45, 2.75) is 25.3 Å². The lowest BCUT2D eigenvalue weighted by molar-refractivity contribution is -0.141. The molecule has 0 aliphatic heterocycles. The fourth-order valence-corrected chi connectivity index (χ4v) is 3.41. The van der Waals surface area contributed by atoms with E-state index in [1.807, 2.05) is 35.7 Å². The average molecular weight is 377 g/mol. The topological polar surface area (TPSA) is 73.9 Å². The number of thiophene rings is 1. The lowest BCUT2D eigenvalue weighted by atomic mass is 10.1. The van der Waals surface area contributed by atoms with Crippen LogP contribution in [0.5, 0.6) is 11.5 Å². The first-order valence-electron chi connectivity index (χ1n) is 8.18. The van der Waals surface area contributed by atoms with E-state index in [1.54, 1.807) is 14.2 Å². The van der Waals surface area contributed by atoms with Gasteiger partial charge in [0.1, 0.15) is 0 Å². The molecule has 0 radical (unpaired) electrons. The van der Waals surface area contributed by atoms with Gasteiger partial charge < -0.3 is 19.5 Å². The molecule has 0 saturated carbocycles. The van der Waals surface area contributed by atoms with Crippen LogP contribution in [0.3, 0.4) is 0 Å². The highest BCUT2D eigenvalue weighted by Crippen LogP contribution is 2.31. The Kier molecular flexibility index (Phi) is 7.47. The van der Waals surface area contributed by atoms with Gasteiger partial charge >= 0.3 is 5.97 Å². The van der Waals surface area contributed by atoms with Gasteiger partial charge in [-0.25, -0.2) is 0 Å². The molecule has 140 valence electrons. The van der Waals surface area contributed by atoms with Gasteiger partial charge in [0, 0.05) is 11.3 Å². The maximum atomic E-state index is 12.4. The molecule has 1 heterocycles. The van der Waals surface area contributed by atoms with E-state index in [9.17, 15) is 9.59 Å². The number of aryl methyl sites for hydroxylation is 1. The molecule has 0 fully saturated rings. The van der Waals surface area contributed by atoms with Crippen molar-refractivity contribution in [1.82, 2.24) is 5.32 Å². The van der Waals surface area contributed by atoms with E-state index in [-0.39, 0.29) is 30.8 Å². The van der Waals surface area contributed by atoms with Crippen molar-refractivity contribution in [2.75, 3.05) is 21.3 Å². The largest absolute Gasteiger partial charge is 0.493 e. The number of carbonyl (C=O) groups excluding carboxylic acids is 2. The Labute approximate surface area is 157 Å². The van der Waals surface area contributed by atoms with E-state index in [0.29, 0.717) is 17.9 Å². The van der Waals surface area contributed by atoms with Crippen molar-refractivity contribution in [2.24, 2.45) is 0 Å². The minimum atomic E-state index is -0.387. The molecule has 1 atom stereocenters. The molecular weight excluding hydrogens is 354 g/mol. The molecule has 2 rings (SSSR count). The SMILES string of the molecule is COC(=O)CC(NC(=O)CCc1cccc(OC)c1OC)c1cccs1. The van der Waals surface area contributed by atoms with Crippen LogP contribution in [0.25, 0.3) is 0 Å². The minimum absolute atomic E-state index is 0.102. The Bertz CT molecular complexity index is 730. The molecule has 2 aromatic rings. The fraction of sp³-hybridized carbons (Fsp3) is 0.368. The summed E-state index contributed by atoms with van der Waals surface area (Å²) in [5, 5.41) is 4.83. The third-order valence-electron chi connectivity index (χ3n) is 3.93. The van der Waals surface area contributed by atoms with Crippen molar-refractivity contribution in [1.29, 1.82) is 0 Å². The molecule has 1 aromatic heterocycles. The number of rotatable bonds is 9. The van der Waals surface area contributed by atoms with E-state index >= 15 is 0 Å². The number of benzene rings is 1. The normalized spacial score (nSPS) is 11.5. The maximum absolute atomic E-state index is 12.4. The molecule has 7 heteroatoms. The Morgan fingerprint density at radius 2 is 1.92 bits per heavy atom. The third kappa shape index (κ3) is 5.23. The summed E-state index contributed by atoms with van der Waals surface area (Å²) in [5.41, 5.74) is 0.891. The fourth-order valence-electron chi connectivity index (χ4n) is 2.63. The van der Waals surface area contributed by atoms with Gasteiger partial charge in [0.25, 0.3) is 0 Å². The summed E-state index contributed by atoms with van der Waals surface area (Å²) in [6.45, 7) is 0. The highest BCUT2D eigenvalue weighted by molar-refractivity contribution is 7.10. The monoisotopic (exact) mass is 377 g/mol. The summed E-state index contributed by atoms with van der Waals surface area (Å²) in [4.78, 5) is 25.0. The first-order chi connectivity index (χ1) is 12.6. The average Bonchev–Trinajstić information content (AvgIpc) is 3.19. The van der Waals surface area contributed by atoms with Gasteiger partial charge in [-0.05, 0) is 29.5 Å². The highest BCUT2D eigenvalue weighted by Gasteiger charge is 2.20. The van der Waals surface area contributed by atoms with Gasteiger partial charge in [0.05, 0.1) is 33.8 Å². The van der Waals surface area contributed by atoms with Gasteiger partial charge in [0.2, 0.25) is 5.91 Å². The zero-order chi connectivity index (χ0) is 18.9. The predicted molar refractivity (Wildman–Crippen MR) is 99.7 cm³/mol. The molecule has 0 spiro atoms. The Morgan fingerprint density at radius 1 is 1.12 bits per heavy atom. The Morgan fingerprint density at radius 3 is 2.54 bits per heavy atom. The molecule has 26 heavy (non-hydrogen) atoms. The molecule has 1 unspecified atom stereocenters. The van der Waals surface area contributed by atoms with E-state index in [0.717, 1.165) is 10.4 Å². The molecular formula is C19H23NO5S. The summed E-state index contributed by atoms with van der Waals surface area (Å²) in [6.07, 6.45) is 0.874. The van der Waals surface area contributed by atoms with Gasteiger partial charge in [-0.1, -0.05) is 18.2 Å². The second kappa shape index (κ2) is 9.82. The maximum Gasteiger partial charge on any atom is 0.307 e. The molecule has 1 amide bonds. The summed E-state index contributed by atoms with van der Waals surface area (Å²) < 4.78 is 15.4. The van der Waals surface area contributed by atoms with E-state index in [1.165, 1.54) is 18.4 Å². The zero-order valence-corrected chi connectivity index (χ0v) is 15.9. The van der Waals surface area contributed by atoms with Crippen molar-refractivity contribution in [3.8, 4) is 11.5 Å². The van der Waals surface area contributed by atoms with Crippen LogP contribution in [0.1, 0.15) is 29.3 Å². The van der Waals surface area contributed by atoms with E-state index in [4.69, 9.17) is 14.2 Å². The zero-order valence-electron chi connectivity index (χ0n) is 15.1. The molecule has 0 aliphatic carbocycles. The van der Waals surface area contributed by atoms with Gasteiger partial charge in [0.15, 0.2) is 11.5 Å². The van der Waals surface area contributed by atoms with Crippen LogP contribution in [0.2, 0.25) is 0 Å². The van der Waals surface area contributed by atoms with Crippen LogP contribution in [-0.2, 0) is 20.7 Å². The summed E-state index contributed by atoms with van der Waals surface area (Å²) in [5.74, 6) is 0.759. The molecule has 6 nitrogen and oxygen atoms in total. The van der Waals surface area contributed by atoms with Crippen LogP contribution >= 0.6 is 11.3 Å². The lowest BCUT2D eigenvalue weighted by Gasteiger charge is -2.17. The highest BCUT2D eigenvalue weighted by atomic mass is 32.1. The summed E-state index contributed by atoms with van der Waals surface area (Å²) in [7, 11) is 4.49. The summed E-state index contributed by atoms with van der Waals surface area (Å²) >= 11 is 1.49. The second-order valence-corrected chi connectivity index (χ2v) is 6.55. The second-order valence-electron chi connectivity index (χ2n) is 5.57. The minimum Gasteiger partial charge on any atom is -0.493 e. The lowest BCUT2D eigenvalue weighted by Crippen LogP contribution is -2.30. The van der Waals surface area contributed by atoms with E-state index < -0.39 is 0 Å².